The fraction of sp³-hybridized carbons (Fsp3) is 0.906. The number of hydrogen-bond donors (Lipinski definition) is 0. The van der Waals surface area contributed by atoms with E-state index in [1.807, 2.05) is 0 Å². The highest BCUT2D eigenvalue weighted by atomic mass is 28.4. The molecule has 224 valence electrons. The van der Waals surface area contributed by atoms with Crippen LogP contribution >= 0.6 is 0 Å². The number of carbonyl (C=O) groups is 1. The molecule has 0 radical (unpaired) electrons. The predicted octanol–water partition coefficient (Wildman–Crippen LogP) is 8.38. The second kappa shape index (κ2) is 11.6. The van der Waals surface area contributed by atoms with Crippen LogP contribution in [0.25, 0.3) is 0 Å². The molecule has 5 nitrogen and oxygen atoms in total. The maximum atomic E-state index is 12.5. The predicted molar refractivity (Wildman–Crippen MR) is 163 cm³/mol. The van der Waals surface area contributed by atoms with Crippen molar-refractivity contribution in [2.24, 2.45) is 46.3 Å². The van der Waals surface area contributed by atoms with Crippen LogP contribution in [-0.4, -0.2) is 42.6 Å². The molecule has 9 atom stereocenters. The normalized spacial score (nSPS) is 39.2. The first kappa shape index (κ1) is 31.3. The summed E-state index contributed by atoms with van der Waals surface area (Å²) in [6.07, 6.45) is 13.0. The quantitative estimate of drug-likeness (QED) is 0.192. The molecule has 4 aliphatic rings. The van der Waals surface area contributed by atoms with Gasteiger partial charge >= 0.3 is 0 Å². The lowest BCUT2D eigenvalue weighted by molar-refractivity contribution is -0.136. The van der Waals surface area contributed by atoms with Crippen LogP contribution in [0.1, 0.15) is 78.6 Å². The van der Waals surface area contributed by atoms with Crippen molar-refractivity contribution in [2.45, 2.75) is 124 Å². The molecule has 0 aromatic rings. The summed E-state index contributed by atoms with van der Waals surface area (Å²) < 4.78 is 24.1. The van der Waals surface area contributed by atoms with Gasteiger partial charge in [-0.3, -0.25) is 4.79 Å². The third-order valence-electron chi connectivity index (χ3n) is 11.0. The number of ether oxygens (including phenoxy) is 2. The molecule has 4 aliphatic carbocycles. The molecule has 0 amide bonds. The van der Waals surface area contributed by atoms with Crippen LogP contribution in [0.15, 0.2) is 11.8 Å². The van der Waals surface area contributed by atoms with E-state index in [2.05, 4.69) is 66.1 Å². The topological polar surface area (TPSA) is 54.0 Å². The third-order valence-corrected chi connectivity index (χ3v) is 12.7. The lowest BCUT2D eigenvalue weighted by atomic mass is 9.45. The van der Waals surface area contributed by atoms with Crippen LogP contribution in [0.5, 0.6) is 0 Å². The Kier molecular flexibility index (Phi) is 9.28. The van der Waals surface area contributed by atoms with Crippen molar-refractivity contribution in [3.8, 4) is 0 Å². The van der Waals surface area contributed by atoms with Crippen molar-refractivity contribution < 1.29 is 23.1 Å². The zero-order chi connectivity index (χ0) is 28.8. The maximum absolute atomic E-state index is 12.5. The van der Waals surface area contributed by atoms with E-state index in [1.54, 1.807) is 7.11 Å². The number of fused-ring (bicyclic) bond motifs is 5. The summed E-state index contributed by atoms with van der Waals surface area (Å²) in [5.41, 5.74) is 0.628. The van der Waals surface area contributed by atoms with Crippen molar-refractivity contribution in [3.05, 3.63) is 11.8 Å². The Morgan fingerprint density at radius 2 is 1.64 bits per heavy atom. The lowest BCUT2D eigenvalue weighted by Gasteiger charge is -2.60. The molecule has 7 heteroatoms. The van der Waals surface area contributed by atoms with E-state index >= 15 is 0 Å². The van der Waals surface area contributed by atoms with Crippen molar-refractivity contribution in [1.82, 2.24) is 0 Å². The van der Waals surface area contributed by atoms with E-state index < -0.39 is 16.6 Å². The number of rotatable bonds is 10. The van der Waals surface area contributed by atoms with Crippen molar-refractivity contribution >= 4 is 22.6 Å². The molecule has 0 aliphatic heterocycles. The molecule has 0 bridgehead atoms. The molecule has 0 aromatic heterocycles. The molecule has 0 spiro atoms. The Hall–Kier alpha value is -0.636. The van der Waals surface area contributed by atoms with Gasteiger partial charge < -0.3 is 18.3 Å². The minimum absolute atomic E-state index is 0.00880. The standard InChI is InChI=1S/C32H58O5Si2/c1-22(11-14-29(33)37-39(8,9)10)25-12-13-26-30-27(16-18-32(25,26)3)31(2)17-15-24(35-21-34-4)19-23(31)20-28(30)36-38(5,6)7/h20,22-27,30H,11-19,21H2,1-10H3/t22-,23+,24-,25-,26+,27+,30+,31+,32-/m1/s1. The van der Waals surface area contributed by atoms with Crippen LogP contribution in [0.2, 0.25) is 39.3 Å². The second-order valence-corrected chi connectivity index (χ2v) is 24.8. The Labute approximate surface area is 241 Å². The summed E-state index contributed by atoms with van der Waals surface area (Å²) in [6, 6.07) is 0. The van der Waals surface area contributed by atoms with Crippen LogP contribution in [0.3, 0.4) is 0 Å². The Balaban J connectivity index is 1.56. The Bertz CT molecular complexity index is 907. The first-order valence-corrected chi connectivity index (χ1v) is 22.6. The first-order chi connectivity index (χ1) is 18.1. The average Bonchev–Trinajstić information content (AvgIpc) is 3.17. The van der Waals surface area contributed by atoms with Crippen LogP contribution in [0, 0.1) is 46.3 Å². The zero-order valence-electron chi connectivity index (χ0n) is 26.7. The van der Waals surface area contributed by atoms with Crippen molar-refractivity contribution in [2.75, 3.05) is 13.9 Å². The van der Waals surface area contributed by atoms with Gasteiger partial charge in [0.1, 0.15) is 6.79 Å². The Morgan fingerprint density at radius 1 is 0.974 bits per heavy atom. The zero-order valence-corrected chi connectivity index (χ0v) is 28.7. The monoisotopic (exact) mass is 578 g/mol. The summed E-state index contributed by atoms with van der Waals surface area (Å²) in [7, 11) is -1.87. The summed E-state index contributed by atoms with van der Waals surface area (Å²) in [4.78, 5) is 12.5. The minimum atomic E-state index is -1.83. The molecule has 39 heavy (non-hydrogen) atoms. The highest BCUT2D eigenvalue weighted by molar-refractivity contribution is 6.71. The van der Waals surface area contributed by atoms with Gasteiger partial charge in [-0.1, -0.05) is 20.8 Å². The fourth-order valence-electron chi connectivity index (χ4n) is 9.32. The minimum Gasteiger partial charge on any atom is -0.547 e. The number of hydrogen-bond acceptors (Lipinski definition) is 5. The highest BCUT2D eigenvalue weighted by Crippen LogP contribution is 2.68. The average molecular weight is 579 g/mol. The molecular weight excluding hydrogens is 521 g/mol. The van der Waals surface area contributed by atoms with E-state index in [-0.39, 0.29) is 12.1 Å². The largest absolute Gasteiger partial charge is 0.547 e. The van der Waals surface area contributed by atoms with Gasteiger partial charge in [0, 0.05) is 19.4 Å². The van der Waals surface area contributed by atoms with E-state index in [4.69, 9.17) is 18.3 Å². The maximum Gasteiger partial charge on any atom is 0.292 e. The SMILES string of the molecule is COCO[C@@H]1CC[C@@]2(C)[C@H](C=C(O[Si](C)(C)C)[C@@H]3[C@@H]2CC[C@]2(C)[C@@H]([C@H](C)CCC(=O)O[Si](C)(C)C)CC[C@@H]32)C1. The highest BCUT2D eigenvalue weighted by Gasteiger charge is 2.62. The smallest absolute Gasteiger partial charge is 0.292 e. The fourth-order valence-corrected chi connectivity index (χ4v) is 11.0. The first-order valence-electron chi connectivity index (χ1n) is 15.8. The second-order valence-electron chi connectivity index (χ2n) is 15.9. The van der Waals surface area contributed by atoms with Crippen LogP contribution in [0.4, 0.5) is 0 Å². The van der Waals surface area contributed by atoms with Gasteiger partial charge in [0.25, 0.3) is 5.97 Å². The van der Waals surface area contributed by atoms with E-state index in [0.29, 0.717) is 59.6 Å². The third kappa shape index (κ3) is 6.72. The van der Waals surface area contributed by atoms with E-state index in [0.717, 1.165) is 19.3 Å². The molecule has 0 N–H and O–H groups in total. The van der Waals surface area contributed by atoms with E-state index in [1.165, 1.54) is 37.9 Å². The van der Waals surface area contributed by atoms with Gasteiger partial charge in [-0.25, -0.2) is 0 Å². The van der Waals surface area contributed by atoms with Gasteiger partial charge in [0.15, 0.2) is 0 Å². The van der Waals surface area contributed by atoms with Gasteiger partial charge in [-0.05, 0) is 137 Å². The van der Waals surface area contributed by atoms with Crippen molar-refractivity contribution in [3.63, 3.8) is 0 Å². The number of allylic oxidation sites excluding steroid dienone is 2. The molecule has 0 saturated heterocycles. The summed E-state index contributed by atoms with van der Waals surface area (Å²) in [6.45, 7) is 21.3. The lowest BCUT2D eigenvalue weighted by Crippen LogP contribution is -2.55. The Morgan fingerprint density at radius 3 is 2.28 bits per heavy atom. The molecule has 3 fully saturated rings. The van der Waals surface area contributed by atoms with Gasteiger partial charge in [0.2, 0.25) is 16.6 Å². The molecule has 0 heterocycles. The van der Waals surface area contributed by atoms with Gasteiger partial charge in [0.05, 0.1) is 11.9 Å². The molecule has 0 aromatic carbocycles. The van der Waals surface area contributed by atoms with Crippen molar-refractivity contribution in [1.29, 1.82) is 0 Å². The molecule has 0 unspecified atom stereocenters. The van der Waals surface area contributed by atoms with Crippen LogP contribution < -0.4 is 0 Å². The molecule has 4 rings (SSSR count). The van der Waals surface area contributed by atoms with Gasteiger partial charge in [-0.2, -0.15) is 0 Å². The summed E-state index contributed by atoms with van der Waals surface area (Å²) in [5.74, 6) is 4.94. The summed E-state index contributed by atoms with van der Waals surface area (Å²) in [5, 5.41) is 0. The van der Waals surface area contributed by atoms with Gasteiger partial charge in [-0.15, -0.1) is 0 Å². The van der Waals surface area contributed by atoms with Crippen LogP contribution in [-0.2, 0) is 23.1 Å². The van der Waals surface area contributed by atoms with E-state index in [9.17, 15) is 4.79 Å². The number of methoxy groups -OCH3 is 1. The molecule has 3 saturated carbocycles. The number of carbonyl (C=O) groups excluding carboxylic acids is 1. The summed E-state index contributed by atoms with van der Waals surface area (Å²) >= 11 is 0. The molecular formula is C32H58O5Si2.